The van der Waals surface area contributed by atoms with E-state index in [0.29, 0.717) is 39.2 Å². The van der Waals surface area contributed by atoms with Crippen LogP contribution < -0.4 is 4.74 Å². The minimum absolute atomic E-state index is 0.183. The fourth-order valence-electron chi connectivity index (χ4n) is 3.34. The van der Waals surface area contributed by atoms with Gasteiger partial charge in [-0.2, -0.15) is 5.10 Å². The van der Waals surface area contributed by atoms with Gasteiger partial charge in [-0.25, -0.2) is 9.07 Å². The number of amides is 1. The second-order valence-electron chi connectivity index (χ2n) is 7.29. The predicted octanol–water partition coefficient (Wildman–Crippen LogP) is 5.85. The molecule has 0 spiro atoms. The molecule has 2 aromatic carbocycles. The minimum Gasteiger partial charge on any atom is -0.491 e. The van der Waals surface area contributed by atoms with Crippen LogP contribution in [0.15, 0.2) is 72.3 Å². The molecule has 0 atom stereocenters. The van der Waals surface area contributed by atoms with Gasteiger partial charge in [-0.15, -0.1) is 6.58 Å². The van der Waals surface area contributed by atoms with Gasteiger partial charge in [0.15, 0.2) is 11.6 Å². The van der Waals surface area contributed by atoms with Crippen molar-refractivity contribution in [3.63, 3.8) is 0 Å². The zero-order valence-corrected chi connectivity index (χ0v) is 19.7. The third-order valence-corrected chi connectivity index (χ3v) is 6.28. The van der Waals surface area contributed by atoms with Crippen molar-refractivity contribution in [2.75, 3.05) is 13.2 Å². The van der Waals surface area contributed by atoms with Crippen LogP contribution in [-0.2, 0) is 4.79 Å². The highest BCUT2D eigenvalue weighted by Crippen LogP contribution is 2.35. The summed E-state index contributed by atoms with van der Waals surface area (Å²) in [6, 6.07) is 14.4. The van der Waals surface area contributed by atoms with Gasteiger partial charge >= 0.3 is 0 Å². The Kier molecular flexibility index (Phi) is 7.05. The molecule has 4 rings (SSSR count). The van der Waals surface area contributed by atoms with Gasteiger partial charge < -0.3 is 4.74 Å². The van der Waals surface area contributed by atoms with Crippen LogP contribution in [0.1, 0.15) is 18.9 Å². The van der Waals surface area contributed by atoms with E-state index in [1.807, 2.05) is 43.5 Å². The van der Waals surface area contributed by atoms with E-state index in [0.717, 1.165) is 12.1 Å². The molecule has 5 nitrogen and oxygen atoms in total. The smallest absolute Gasteiger partial charge is 0.266 e. The molecule has 1 aliphatic rings. The molecule has 3 aromatic rings. The number of halogens is 1. The first kappa shape index (κ1) is 22.9. The van der Waals surface area contributed by atoms with Crippen molar-refractivity contribution in [1.82, 2.24) is 14.7 Å². The van der Waals surface area contributed by atoms with Crippen LogP contribution in [0, 0.1) is 5.82 Å². The molecule has 0 aliphatic carbocycles. The van der Waals surface area contributed by atoms with Crippen LogP contribution in [0.4, 0.5) is 4.39 Å². The molecule has 0 unspecified atom stereocenters. The summed E-state index contributed by atoms with van der Waals surface area (Å²) < 4.78 is 22.4. The molecular weight excluding hydrogens is 457 g/mol. The number of hydrogen-bond acceptors (Lipinski definition) is 5. The summed E-state index contributed by atoms with van der Waals surface area (Å²) in [5.74, 6) is -0.439. The first-order valence-electron chi connectivity index (χ1n) is 10.5. The Bertz CT molecular complexity index is 1240. The lowest BCUT2D eigenvalue weighted by Gasteiger charge is -2.10. The second-order valence-corrected chi connectivity index (χ2v) is 8.96. The van der Waals surface area contributed by atoms with Gasteiger partial charge in [-0.05, 0) is 42.8 Å². The molecule has 1 fully saturated rings. The van der Waals surface area contributed by atoms with Crippen LogP contribution in [0.25, 0.3) is 23.0 Å². The zero-order valence-electron chi connectivity index (χ0n) is 18.0. The maximum atomic E-state index is 14.7. The van der Waals surface area contributed by atoms with Crippen molar-refractivity contribution in [2.45, 2.75) is 13.3 Å². The minimum atomic E-state index is -0.460. The van der Waals surface area contributed by atoms with E-state index in [4.69, 9.17) is 22.1 Å². The van der Waals surface area contributed by atoms with E-state index in [9.17, 15) is 9.18 Å². The van der Waals surface area contributed by atoms with Crippen LogP contribution >= 0.6 is 24.0 Å². The quantitative estimate of drug-likeness (QED) is 0.230. The average molecular weight is 480 g/mol. The molecular formula is C25H22FN3O2S2. The number of ether oxygens (including phenoxy) is 1. The van der Waals surface area contributed by atoms with E-state index >= 15 is 0 Å². The summed E-state index contributed by atoms with van der Waals surface area (Å²) in [6.07, 6.45) is 6.00. The molecule has 0 bridgehead atoms. The van der Waals surface area contributed by atoms with E-state index < -0.39 is 5.82 Å². The maximum Gasteiger partial charge on any atom is 0.266 e. The maximum absolute atomic E-state index is 14.7. The van der Waals surface area contributed by atoms with Crippen LogP contribution in [-0.4, -0.2) is 38.1 Å². The first-order valence-corrected chi connectivity index (χ1v) is 11.7. The highest BCUT2D eigenvalue weighted by atomic mass is 32.2. The van der Waals surface area contributed by atoms with Gasteiger partial charge in [0.1, 0.15) is 10.0 Å². The first-order chi connectivity index (χ1) is 16.0. The molecule has 33 heavy (non-hydrogen) atoms. The summed E-state index contributed by atoms with van der Waals surface area (Å²) in [5.41, 5.74) is 2.66. The second kappa shape index (κ2) is 10.1. The molecule has 1 amide bonds. The lowest BCUT2D eigenvalue weighted by molar-refractivity contribution is -0.121. The van der Waals surface area contributed by atoms with E-state index in [1.165, 1.54) is 22.7 Å². The Labute approximate surface area is 201 Å². The fourth-order valence-corrected chi connectivity index (χ4v) is 4.60. The largest absolute Gasteiger partial charge is 0.491 e. The lowest BCUT2D eigenvalue weighted by Crippen LogP contribution is -2.27. The number of aromatic nitrogens is 2. The van der Waals surface area contributed by atoms with Crippen molar-refractivity contribution in [3.05, 3.63) is 83.7 Å². The molecule has 1 saturated heterocycles. The molecule has 168 valence electrons. The standard InChI is InChI=1S/C25H22FN3O2S2/c1-3-12-28-24(30)22(33-25(28)32)15-18-16-29(19-8-6-5-7-9-19)27-23(18)17-10-11-21(20(26)14-17)31-13-4-2/h3,5-11,14-16H,1,4,12-13H2,2H3/b22-15-. The van der Waals surface area contributed by atoms with Gasteiger partial charge in [0.25, 0.3) is 5.91 Å². The third-order valence-electron chi connectivity index (χ3n) is 4.90. The van der Waals surface area contributed by atoms with Gasteiger partial charge in [-0.1, -0.05) is 55.2 Å². The highest BCUT2D eigenvalue weighted by molar-refractivity contribution is 8.26. The lowest BCUT2D eigenvalue weighted by atomic mass is 10.1. The Morgan fingerprint density at radius 2 is 2.03 bits per heavy atom. The Morgan fingerprint density at radius 1 is 1.24 bits per heavy atom. The molecule has 8 heteroatoms. The number of rotatable bonds is 8. The van der Waals surface area contributed by atoms with Gasteiger partial charge in [0.05, 0.1) is 17.2 Å². The van der Waals surface area contributed by atoms with Crippen molar-refractivity contribution in [2.24, 2.45) is 0 Å². The van der Waals surface area contributed by atoms with Crippen molar-refractivity contribution in [3.8, 4) is 22.7 Å². The number of para-hydroxylation sites is 1. The molecule has 2 heterocycles. The van der Waals surface area contributed by atoms with Crippen molar-refractivity contribution >= 4 is 40.3 Å². The van der Waals surface area contributed by atoms with Crippen LogP contribution in [0.2, 0.25) is 0 Å². The number of carbonyl (C=O) groups excluding carboxylic acids is 1. The highest BCUT2D eigenvalue weighted by Gasteiger charge is 2.31. The summed E-state index contributed by atoms with van der Waals surface area (Å²) in [4.78, 5) is 14.8. The van der Waals surface area contributed by atoms with E-state index in [2.05, 4.69) is 6.58 Å². The number of carbonyl (C=O) groups is 1. The van der Waals surface area contributed by atoms with E-state index in [1.54, 1.807) is 29.0 Å². The average Bonchev–Trinajstić information content (AvgIpc) is 3.36. The number of hydrogen-bond donors (Lipinski definition) is 0. The summed E-state index contributed by atoms with van der Waals surface area (Å²) in [7, 11) is 0. The molecule has 1 aromatic heterocycles. The molecule has 0 saturated carbocycles. The monoisotopic (exact) mass is 479 g/mol. The number of thioether (sulfide) groups is 1. The predicted molar refractivity (Wildman–Crippen MR) is 135 cm³/mol. The Morgan fingerprint density at radius 3 is 2.73 bits per heavy atom. The third kappa shape index (κ3) is 4.91. The fraction of sp³-hybridized carbons (Fsp3) is 0.160. The SMILES string of the molecule is C=CCN1C(=O)/C(=C/c2cn(-c3ccccc3)nc2-c2ccc(OCCC)c(F)c2)SC1=S. The van der Waals surface area contributed by atoms with E-state index in [-0.39, 0.29) is 11.7 Å². The Hall–Kier alpha value is -3.23. The van der Waals surface area contributed by atoms with Gasteiger partial charge in [0, 0.05) is 23.9 Å². The van der Waals surface area contributed by atoms with Crippen molar-refractivity contribution in [1.29, 1.82) is 0 Å². The van der Waals surface area contributed by atoms with Crippen LogP contribution in [0.3, 0.4) is 0 Å². The molecule has 0 N–H and O–H groups in total. The zero-order chi connectivity index (χ0) is 23.4. The number of benzene rings is 2. The molecule has 0 radical (unpaired) electrons. The van der Waals surface area contributed by atoms with Gasteiger partial charge in [0.2, 0.25) is 0 Å². The number of nitrogens with zero attached hydrogens (tertiary/aromatic N) is 3. The summed E-state index contributed by atoms with van der Waals surface area (Å²) >= 11 is 6.58. The number of thiocarbonyl (C=S) groups is 1. The normalized spacial score (nSPS) is 14.8. The molecule has 1 aliphatic heterocycles. The topological polar surface area (TPSA) is 47.4 Å². The summed E-state index contributed by atoms with van der Waals surface area (Å²) in [5, 5.41) is 4.71. The summed E-state index contributed by atoms with van der Waals surface area (Å²) in [6.45, 7) is 6.44. The Balaban J connectivity index is 1.78. The van der Waals surface area contributed by atoms with Crippen LogP contribution in [0.5, 0.6) is 5.75 Å². The van der Waals surface area contributed by atoms with Gasteiger partial charge in [-0.3, -0.25) is 9.69 Å². The van der Waals surface area contributed by atoms with Crippen molar-refractivity contribution < 1.29 is 13.9 Å².